The van der Waals surface area contributed by atoms with Gasteiger partial charge in [0.15, 0.2) is 5.76 Å². The van der Waals surface area contributed by atoms with Gasteiger partial charge < -0.3 is 9.42 Å². The minimum atomic E-state index is -0.356. The van der Waals surface area contributed by atoms with E-state index in [0.29, 0.717) is 17.0 Å². The number of carbonyl (C=O) groups excluding carboxylic acids is 1. The summed E-state index contributed by atoms with van der Waals surface area (Å²) in [4.78, 5) is 28.2. The Morgan fingerprint density at radius 3 is 2.50 bits per heavy atom. The Kier molecular flexibility index (Phi) is 5.79. The van der Waals surface area contributed by atoms with Crippen molar-refractivity contribution in [1.82, 2.24) is 19.8 Å². The first-order valence-electron chi connectivity index (χ1n) is 9.18. The van der Waals surface area contributed by atoms with Crippen LogP contribution in [0.3, 0.4) is 0 Å². The Labute approximate surface area is 167 Å². The topological polar surface area (TPSA) is 81.2 Å². The van der Waals surface area contributed by atoms with Gasteiger partial charge in [-0.3, -0.25) is 9.59 Å². The van der Waals surface area contributed by atoms with Crippen LogP contribution < -0.4 is 5.56 Å². The lowest BCUT2D eigenvalue weighted by atomic mass is 10.1. The van der Waals surface area contributed by atoms with Gasteiger partial charge in [-0.1, -0.05) is 11.2 Å². The molecule has 0 aliphatic heterocycles. The molecular formula is C20H24N4O3S. The van der Waals surface area contributed by atoms with Crippen molar-refractivity contribution in [3.05, 3.63) is 45.7 Å². The first kappa shape index (κ1) is 20.0. The number of rotatable bonds is 6. The van der Waals surface area contributed by atoms with E-state index in [2.05, 4.69) is 10.3 Å². The van der Waals surface area contributed by atoms with Gasteiger partial charge in [-0.05, 0) is 46.1 Å². The fourth-order valence-corrected chi connectivity index (χ4v) is 3.98. The van der Waals surface area contributed by atoms with Crippen LogP contribution in [0.4, 0.5) is 0 Å². The second-order valence-corrected chi connectivity index (χ2v) is 8.15. The third-order valence-corrected chi connectivity index (χ3v) is 5.21. The van der Waals surface area contributed by atoms with Crippen LogP contribution in [0.1, 0.15) is 33.4 Å². The maximum Gasteiger partial charge on any atom is 0.268 e. The van der Waals surface area contributed by atoms with Crippen molar-refractivity contribution in [2.75, 3.05) is 0 Å². The second-order valence-electron chi connectivity index (χ2n) is 7.20. The minimum Gasteiger partial charge on any atom is -0.356 e. The van der Waals surface area contributed by atoms with Gasteiger partial charge in [0.25, 0.3) is 5.56 Å². The molecule has 0 saturated heterocycles. The number of carbonyl (C=O) groups is 1. The molecule has 3 aromatic heterocycles. The van der Waals surface area contributed by atoms with Gasteiger partial charge in [0.05, 0.1) is 16.1 Å². The zero-order valence-corrected chi connectivity index (χ0v) is 17.5. The standard InChI is InChI=1S/C20H24N4O3S/c1-12(2)24(13(3)4)19(26)11-23-18(25)10-15(16-9-14(5)22-27-16)20(21-23)17-7-6-8-28-17/h6-10,12-13H,11H2,1-5H3. The summed E-state index contributed by atoms with van der Waals surface area (Å²) in [5, 5.41) is 10.4. The van der Waals surface area contributed by atoms with Gasteiger partial charge in [-0.2, -0.15) is 5.10 Å². The lowest BCUT2D eigenvalue weighted by molar-refractivity contribution is -0.135. The predicted molar refractivity (Wildman–Crippen MR) is 109 cm³/mol. The van der Waals surface area contributed by atoms with Crippen molar-refractivity contribution >= 4 is 17.2 Å². The Morgan fingerprint density at radius 1 is 1.25 bits per heavy atom. The van der Waals surface area contributed by atoms with Crippen molar-refractivity contribution < 1.29 is 9.32 Å². The van der Waals surface area contributed by atoms with E-state index >= 15 is 0 Å². The molecule has 0 fully saturated rings. The van der Waals surface area contributed by atoms with E-state index in [-0.39, 0.29) is 30.1 Å². The summed E-state index contributed by atoms with van der Waals surface area (Å²) in [7, 11) is 0. The van der Waals surface area contributed by atoms with Gasteiger partial charge in [-0.25, -0.2) is 4.68 Å². The van der Waals surface area contributed by atoms with Crippen LogP contribution in [0.15, 0.2) is 39.0 Å². The van der Waals surface area contributed by atoms with Crippen LogP contribution in [0.2, 0.25) is 0 Å². The molecule has 0 saturated carbocycles. The number of nitrogens with zero attached hydrogens (tertiary/aromatic N) is 4. The molecule has 1 amide bonds. The number of amides is 1. The van der Waals surface area contributed by atoms with E-state index in [1.54, 1.807) is 11.0 Å². The highest BCUT2D eigenvalue weighted by Gasteiger charge is 2.23. The van der Waals surface area contributed by atoms with Crippen LogP contribution in [0.5, 0.6) is 0 Å². The molecule has 0 unspecified atom stereocenters. The summed E-state index contributed by atoms with van der Waals surface area (Å²) in [6.07, 6.45) is 0. The van der Waals surface area contributed by atoms with Gasteiger partial charge in [-0.15, -0.1) is 11.3 Å². The van der Waals surface area contributed by atoms with E-state index < -0.39 is 0 Å². The van der Waals surface area contributed by atoms with Gasteiger partial charge in [0.2, 0.25) is 5.91 Å². The first-order chi connectivity index (χ1) is 13.3. The second kappa shape index (κ2) is 8.10. The number of aryl methyl sites for hydroxylation is 1. The smallest absolute Gasteiger partial charge is 0.268 e. The summed E-state index contributed by atoms with van der Waals surface area (Å²) in [5.74, 6) is 0.343. The highest BCUT2D eigenvalue weighted by molar-refractivity contribution is 7.13. The van der Waals surface area contributed by atoms with E-state index in [9.17, 15) is 9.59 Å². The average Bonchev–Trinajstić information content (AvgIpc) is 3.27. The summed E-state index contributed by atoms with van der Waals surface area (Å²) in [6, 6.07) is 7.14. The molecule has 3 aromatic rings. The maximum absolute atomic E-state index is 12.8. The SMILES string of the molecule is Cc1cc(-c2cc(=O)n(CC(=O)N(C(C)C)C(C)C)nc2-c2cccs2)on1. The van der Waals surface area contributed by atoms with Crippen LogP contribution in [-0.4, -0.2) is 37.8 Å². The summed E-state index contributed by atoms with van der Waals surface area (Å²) < 4.78 is 6.58. The zero-order valence-electron chi connectivity index (χ0n) is 16.7. The lowest BCUT2D eigenvalue weighted by Gasteiger charge is -2.30. The molecule has 0 bridgehead atoms. The van der Waals surface area contributed by atoms with E-state index in [4.69, 9.17) is 4.52 Å². The molecule has 0 aliphatic carbocycles. The van der Waals surface area contributed by atoms with E-state index in [0.717, 1.165) is 10.6 Å². The number of hydrogen-bond donors (Lipinski definition) is 0. The average molecular weight is 401 g/mol. The van der Waals surface area contributed by atoms with Gasteiger partial charge in [0, 0.05) is 24.2 Å². The third kappa shape index (κ3) is 4.06. The predicted octanol–water partition coefficient (Wildman–Crippen LogP) is 3.58. The van der Waals surface area contributed by atoms with Crippen molar-refractivity contribution in [3.8, 4) is 21.9 Å². The van der Waals surface area contributed by atoms with Gasteiger partial charge >= 0.3 is 0 Å². The van der Waals surface area contributed by atoms with Crippen LogP contribution in [0, 0.1) is 6.92 Å². The van der Waals surface area contributed by atoms with Crippen molar-refractivity contribution in [3.63, 3.8) is 0 Å². The van der Waals surface area contributed by atoms with Crippen molar-refractivity contribution in [2.45, 2.75) is 53.2 Å². The fourth-order valence-electron chi connectivity index (χ4n) is 3.26. The molecular weight excluding hydrogens is 376 g/mol. The molecule has 3 heterocycles. The van der Waals surface area contributed by atoms with E-state index in [1.165, 1.54) is 22.1 Å². The molecule has 0 aliphatic rings. The Hall–Kier alpha value is -2.74. The maximum atomic E-state index is 12.8. The molecule has 28 heavy (non-hydrogen) atoms. The molecule has 0 N–H and O–H groups in total. The molecule has 8 heteroatoms. The lowest BCUT2D eigenvalue weighted by Crippen LogP contribution is -2.45. The summed E-state index contributed by atoms with van der Waals surface area (Å²) in [6.45, 7) is 9.54. The Morgan fingerprint density at radius 2 is 1.96 bits per heavy atom. The number of thiophene rings is 1. The number of hydrogen-bond acceptors (Lipinski definition) is 6. The van der Waals surface area contributed by atoms with Crippen LogP contribution >= 0.6 is 11.3 Å². The molecule has 0 radical (unpaired) electrons. The van der Waals surface area contributed by atoms with Crippen molar-refractivity contribution in [1.29, 1.82) is 0 Å². The van der Waals surface area contributed by atoms with Gasteiger partial charge in [0.1, 0.15) is 12.2 Å². The highest BCUT2D eigenvalue weighted by Crippen LogP contribution is 2.32. The molecule has 0 aromatic carbocycles. The molecule has 0 atom stereocenters. The third-order valence-electron chi connectivity index (χ3n) is 4.33. The zero-order chi connectivity index (χ0) is 20.4. The monoisotopic (exact) mass is 400 g/mol. The first-order valence-corrected chi connectivity index (χ1v) is 10.1. The molecule has 148 valence electrons. The molecule has 0 spiro atoms. The Balaban J connectivity index is 2.06. The molecule has 3 rings (SSSR count). The largest absolute Gasteiger partial charge is 0.356 e. The quantitative estimate of drug-likeness (QED) is 0.632. The highest BCUT2D eigenvalue weighted by atomic mass is 32.1. The van der Waals surface area contributed by atoms with Crippen LogP contribution in [0.25, 0.3) is 21.9 Å². The minimum absolute atomic E-state index is 0.0383. The van der Waals surface area contributed by atoms with Crippen LogP contribution in [-0.2, 0) is 11.3 Å². The normalized spacial score (nSPS) is 11.4. The summed E-state index contributed by atoms with van der Waals surface area (Å²) >= 11 is 1.51. The molecule has 7 nitrogen and oxygen atoms in total. The number of aromatic nitrogens is 3. The van der Waals surface area contributed by atoms with Crippen molar-refractivity contribution in [2.24, 2.45) is 0 Å². The van der Waals surface area contributed by atoms with E-state index in [1.807, 2.05) is 52.1 Å². The summed E-state index contributed by atoms with van der Waals surface area (Å²) in [5.41, 5.74) is 1.53. The fraction of sp³-hybridized carbons (Fsp3) is 0.400. The Bertz CT molecular complexity index is 1010.